The van der Waals surface area contributed by atoms with Crippen molar-refractivity contribution in [3.8, 4) is 0 Å². The van der Waals surface area contributed by atoms with Gasteiger partial charge in [-0.25, -0.2) is 0 Å². The van der Waals surface area contributed by atoms with Crippen molar-refractivity contribution in [3.05, 3.63) is 23.3 Å². The largest absolute Gasteiger partial charge is 0.393 e. The van der Waals surface area contributed by atoms with Gasteiger partial charge >= 0.3 is 0 Å². The highest BCUT2D eigenvalue weighted by Gasteiger charge is 2.50. The second-order valence-corrected chi connectivity index (χ2v) is 11.1. The molecule has 3 unspecified atom stereocenters. The quantitative estimate of drug-likeness (QED) is 0.540. The fraction of sp³-hybridized carbons (Fsp3) is 0.846. The van der Waals surface area contributed by atoms with Gasteiger partial charge in [0.25, 0.3) is 0 Å². The molecule has 0 aromatic rings. The van der Waals surface area contributed by atoms with Gasteiger partial charge in [0.2, 0.25) is 0 Å². The Morgan fingerprint density at radius 1 is 1.14 bits per heavy atom. The molecule has 2 heteroatoms. The lowest BCUT2D eigenvalue weighted by atomic mass is 9.60. The first kappa shape index (κ1) is 22.1. The second-order valence-electron chi connectivity index (χ2n) is 11.1. The number of hydrogen-bond donors (Lipinski definition) is 2. The van der Waals surface area contributed by atoms with Crippen LogP contribution in [0.1, 0.15) is 105 Å². The summed E-state index contributed by atoms with van der Waals surface area (Å²) < 4.78 is 0. The van der Waals surface area contributed by atoms with Gasteiger partial charge < -0.3 is 10.2 Å². The average molecular weight is 389 g/mol. The molecule has 3 saturated carbocycles. The Kier molecular flexibility index (Phi) is 7.14. The molecule has 2 N–H and O–H groups in total. The summed E-state index contributed by atoms with van der Waals surface area (Å²) >= 11 is 0. The number of aliphatic hydroxyl groups excluding tert-OH is 1. The number of hydrogen-bond acceptors (Lipinski definition) is 2. The minimum absolute atomic E-state index is 0.115. The van der Waals surface area contributed by atoms with Crippen LogP contribution in [0.3, 0.4) is 0 Å². The van der Waals surface area contributed by atoms with Crippen LogP contribution in [0.5, 0.6) is 0 Å². The van der Waals surface area contributed by atoms with Crippen LogP contribution in [-0.2, 0) is 0 Å². The Hall–Kier alpha value is -0.600. The second kappa shape index (κ2) is 9.04. The predicted octanol–water partition coefficient (Wildman–Crippen LogP) is 6.57. The summed E-state index contributed by atoms with van der Waals surface area (Å²) in [4.78, 5) is 0. The first-order valence-electron chi connectivity index (χ1n) is 12.0. The molecule has 3 fully saturated rings. The standard InChI is InChI=1S/C26H44O2/c1-19(8-6-16-25(2,3)28)23-14-15-24-21(10-7-17-26(23,24)4)13-12-20-9-5-11-22(27)18-20/h12-13,19,22-24,27-28H,5-11,14-18H2,1-4H3/b20-12-,21-13+/t19-,22-,23?,24?,26?/m0/s1. The van der Waals surface area contributed by atoms with Crippen LogP contribution in [0.2, 0.25) is 0 Å². The third kappa shape index (κ3) is 5.30. The van der Waals surface area contributed by atoms with E-state index >= 15 is 0 Å². The molecule has 0 spiro atoms. The zero-order valence-electron chi connectivity index (χ0n) is 18.8. The van der Waals surface area contributed by atoms with Crippen LogP contribution < -0.4 is 0 Å². The monoisotopic (exact) mass is 388 g/mol. The van der Waals surface area contributed by atoms with Gasteiger partial charge in [0.1, 0.15) is 0 Å². The molecule has 2 nitrogen and oxygen atoms in total. The highest BCUT2D eigenvalue weighted by molar-refractivity contribution is 5.25. The van der Waals surface area contributed by atoms with Crippen molar-refractivity contribution < 1.29 is 10.2 Å². The van der Waals surface area contributed by atoms with Crippen LogP contribution in [0.4, 0.5) is 0 Å². The molecular weight excluding hydrogens is 344 g/mol. The van der Waals surface area contributed by atoms with Gasteiger partial charge in [-0.2, -0.15) is 0 Å². The number of rotatable bonds is 6. The van der Waals surface area contributed by atoms with Gasteiger partial charge in [-0.05, 0) is 101 Å². The summed E-state index contributed by atoms with van der Waals surface area (Å²) in [5, 5.41) is 20.0. The van der Waals surface area contributed by atoms with Crippen LogP contribution >= 0.6 is 0 Å². The van der Waals surface area contributed by atoms with E-state index in [4.69, 9.17) is 0 Å². The molecule has 3 aliphatic rings. The van der Waals surface area contributed by atoms with Gasteiger partial charge in [-0.3, -0.25) is 0 Å². The van der Waals surface area contributed by atoms with Crippen molar-refractivity contribution in [2.45, 2.75) is 116 Å². The van der Waals surface area contributed by atoms with Crippen molar-refractivity contribution in [1.29, 1.82) is 0 Å². The van der Waals surface area contributed by atoms with Crippen LogP contribution in [0.15, 0.2) is 23.3 Å². The minimum Gasteiger partial charge on any atom is -0.393 e. The van der Waals surface area contributed by atoms with E-state index in [-0.39, 0.29) is 6.10 Å². The Morgan fingerprint density at radius 3 is 2.64 bits per heavy atom. The maximum Gasteiger partial charge on any atom is 0.0591 e. The van der Waals surface area contributed by atoms with Crippen LogP contribution in [0, 0.1) is 23.2 Å². The lowest BCUT2D eigenvalue weighted by molar-refractivity contribution is 0.0596. The summed E-state index contributed by atoms with van der Waals surface area (Å²) in [7, 11) is 0. The van der Waals surface area contributed by atoms with Gasteiger partial charge in [0.15, 0.2) is 0 Å². The molecule has 5 atom stereocenters. The molecule has 28 heavy (non-hydrogen) atoms. The van der Waals surface area contributed by atoms with Crippen molar-refractivity contribution in [3.63, 3.8) is 0 Å². The van der Waals surface area contributed by atoms with E-state index in [0.29, 0.717) is 5.41 Å². The molecule has 0 aromatic carbocycles. The van der Waals surface area contributed by atoms with E-state index in [1.807, 2.05) is 13.8 Å². The molecule has 160 valence electrons. The fourth-order valence-electron chi connectivity index (χ4n) is 6.72. The lowest BCUT2D eigenvalue weighted by Gasteiger charge is -2.44. The topological polar surface area (TPSA) is 40.5 Å². The van der Waals surface area contributed by atoms with Crippen molar-refractivity contribution in [1.82, 2.24) is 0 Å². The molecule has 3 aliphatic carbocycles. The summed E-state index contributed by atoms with van der Waals surface area (Å²) in [6, 6.07) is 0. The maximum absolute atomic E-state index is 10.0. The molecule has 0 aromatic heterocycles. The number of fused-ring (bicyclic) bond motifs is 1. The van der Waals surface area contributed by atoms with E-state index in [2.05, 4.69) is 26.0 Å². The zero-order chi connectivity index (χ0) is 20.4. The first-order valence-corrected chi connectivity index (χ1v) is 12.0. The summed E-state index contributed by atoms with van der Waals surface area (Å²) in [6.07, 6.45) is 18.9. The van der Waals surface area contributed by atoms with E-state index in [1.54, 1.807) is 5.57 Å². The van der Waals surface area contributed by atoms with E-state index in [0.717, 1.165) is 49.9 Å². The Labute approximate surface area is 173 Å². The molecule has 0 heterocycles. The zero-order valence-corrected chi connectivity index (χ0v) is 18.8. The lowest BCUT2D eigenvalue weighted by Crippen LogP contribution is -2.36. The predicted molar refractivity (Wildman–Crippen MR) is 118 cm³/mol. The maximum atomic E-state index is 10.0. The normalized spacial score (nSPS) is 38.0. The van der Waals surface area contributed by atoms with Gasteiger partial charge in [0, 0.05) is 0 Å². The van der Waals surface area contributed by atoms with Gasteiger partial charge in [-0.15, -0.1) is 0 Å². The molecule has 0 radical (unpaired) electrons. The van der Waals surface area contributed by atoms with Gasteiger partial charge in [0.05, 0.1) is 11.7 Å². The Bertz CT molecular complexity index is 582. The third-order valence-electron chi connectivity index (χ3n) is 8.24. The summed E-state index contributed by atoms with van der Waals surface area (Å²) in [6.45, 7) is 8.91. The molecule has 0 aliphatic heterocycles. The highest BCUT2D eigenvalue weighted by atomic mass is 16.3. The first-order chi connectivity index (χ1) is 13.2. The fourth-order valence-corrected chi connectivity index (χ4v) is 6.72. The van der Waals surface area contributed by atoms with E-state index < -0.39 is 5.60 Å². The number of allylic oxidation sites excluding steroid dienone is 3. The third-order valence-corrected chi connectivity index (χ3v) is 8.24. The smallest absolute Gasteiger partial charge is 0.0591 e. The van der Waals surface area contributed by atoms with Crippen molar-refractivity contribution >= 4 is 0 Å². The SMILES string of the molecule is C[C@@H](CCCC(C)(C)O)C1CCC2/C(=C/C=C3/CCC[C@H](O)C3)CCCC21C. The summed E-state index contributed by atoms with van der Waals surface area (Å²) in [5.74, 6) is 2.34. The molecule has 0 bridgehead atoms. The molecule has 3 rings (SSSR count). The summed E-state index contributed by atoms with van der Waals surface area (Å²) in [5.41, 5.74) is 3.08. The molecular formula is C26H44O2. The van der Waals surface area contributed by atoms with Crippen molar-refractivity contribution in [2.75, 3.05) is 0 Å². The number of aliphatic hydroxyl groups is 2. The molecule has 0 amide bonds. The Morgan fingerprint density at radius 2 is 1.93 bits per heavy atom. The average Bonchev–Trinajstić information content (AvgIpc) is 2.96. The van der Waals surface area contributed by atoms with Crippen molar-refractivity contribution in [2.24, 2.45) is 23.2 Å². The highest BCUT2D eigenvalue weighted by Crippen LogP contribution is 2.59. The Balaban J connectivity index is 1.65. The molecule has 0 saturated heterocycles. The van der Waals surface area contributed by atoms with E-state index in [1.165, 1.54) is 50.5 Å². The van der Waals surface area contributed by atoms with Crippen LogP contribution in [0.25, 0.3) is 0 Å². The van der Waals surface area contributed by atoms with E-state index in [9.17, 15) is 10.2 Å². The minimum atomic E-state index is -0.525. The van der Waals surface area contributed by atoms with Gasteiger partial charge in [-0.1, -0.05) is 50.0 Å². The van der Waals surface area contributed by atoms with Crippen LogP contribution in [-0.4, -0.2) is 21.9 Å².